The molecule has 0 rings (SSSR count). The number of hydrogen-bond donors (Lipinski definition) is 6. The second-order valence-corrected chi connectivity index (χ2v) is 9.18. The Bertz CT molecular complexity index is 347. The first-order valence-corrected chi connectivity index (χ1v) is 9.89. The van der Waals surface area contributed by atoms with Crippen molar-refractivity contribution in [3.05, 3.63) is 0 Å². The fraction of sp³-hybridized carbons (Fsp3) is 1.00. The van der Waals surface area contributed by atoms with Gasteiger partial charge in [0.2, 0.25) is 0 Å². The molecule has 7 N–H and O–H groups in total. The summed E-state index contributed by atoms with van der Waals surface area (Å²) >= 11 is 0. The third-order valence-electron chi connectivity index (χ3n) is 3.25. The Labute approximate surface area is 119 Å². The molecule has 0 aliphatic heterocycles. The molecule has 10 heteroatoms. The molecule has 0 bridgehead atoms. The summed E-state index contributed by atoms with van der Waals surface area (Å²) in [7, 11) is -9.69. The van der Waals surface area contributed by atoms with Crippen LogP contribution in [0.15, 0.2) is 0 Å². The third-order valence-corrected chi connectivity index (χ3v) is 6.98. The molecule has 0 saturated heterocycles. The zero-order valence-corrected chi connectivity index (χ0v) is 13.6. The van der Waals surface area contributed by atoms with Crippen LogP contribution in [0.25, 0.3) is 0 Å². The van der Waals surface area contributed by atoms with Gasteiger partial charge in [0.25, 0.3) is 0 Å². The van der Waals surface area contributed by atoms with Crippen LogP contribution in [-0.4, -0.2) is 44.6 Å². The monoisotopic (exact) mass is 332 g/mol. The topological polar surface area (TPSA) is 153 Å². The van der Waals surface area contributed by atoms with Gasteiger partial charge in [-0.05, 0) is 31.3 Å². The first-order chi connectivity index (χ1) is 9.02. The van der Waals surface area contributed by atoms with Crippen molar-refractivity contribution in [2.45, 2.75) is 32.1 Å². The van der Waals surface area contributed by atoms with E-state index in [0.29, 0.717) is 19.0 Å². The van der Waals surface area contributed by atoms with Crippen LogP contribution < -0.4 is 11.1 Å². The van der Waals surface area contributed by atoms with E-state index in [1.165, 1.54) is 0 Å². The fourth-order valence-electron chi connectivity index (χ4n) is 1.91. The molecule has 0 aliphatic rings. The first kappa shape index (κ1) is 20.2. The van der Waals surface area contributed by atoms with E-state index in [1.54, 1.807) is 0 Å². The maximum Gasteiger partial charge on any atom is 0.342 e. The number of rotatable bonds is 10. The maximum absolute atomic E-state index is 11.1. The van der Waals surface area contributed by atoms with E-state index in [2.05, 4.69) is 5.32 Å². The van der Waals surface area contributed by atoms with Gasteiger partial charge in [-0.1, -0.05) is 20.3 Å². The van der Waals surface area contributed by atoms with E-state index in [0.717, 1.165) is 12.8 Å². The van der Waals surface area contributed by atoms with Crippen LogP contribution >= 0.6 is 15.2 Å². The standard InChI is InChI=1S/C10H26N2O6P2/c1-3-9(4-8(2)5-11)6-12-7-10(19(13,14)15)20(16,17)18/h8-10,12H,3-7,11H2,1-2H3,(H2,13,14,15)(H2,16,17,18). The largest absolute Gasteiger partial charge is 0.342 e. The van der Waals surface area contributed by atoms with Crippen molar-refractivity contribution in [1.82, 2.24) is 5.32 Å². The molecule has 0 aliphatic carbocycles. The summed E-state index contributed by atoms with van der Waals surface area (Å²) in [6.45, 7) is 4.58. The van der Waals surface area contributed by atoms with Gasteiger partial charge in [0.1, 0.15) is 0 Å². The van der Waals surface area contributed by atoms with Gasteiger partial charge in [-0.15, -0.1) is 0 Å². The lowest BCUT2D eigenvalue weighted by Crippen LogP contribution is -2.32. The highest BCUT2D eigenvalue weighted by molar-refractivity contribution is 7.70. The Balaban J connectivity index is 4.44. The summed E-state index contributed by atoms with van der Waals surface area (Å²) in [6.07, 6.45) is 1.71. The van der Waals surface area contributed by atoms with Crippen LogP contribution in [0.2, 0.25) is 0 Å². The van der Waals surface area contributed by atoms with Gasteiger partial charge < -0.3 is 30.6 Å². The van der Waals surface area contributed by atoms with Crippen molar-refractivity contribution in [3.63, 3.8) is 0 Å². The third kappa shape index (κ3) is 7.86. The molecule has 0 amide bonds. The Morgan fingerprint density at radius 2 is 1.60 bits per heavy atom. The zero-order chi connectivity index (χ0) is 16.0. The normalized spacial score (nSPS) is 16.4. The predicted octanol–water partition coefficient (Wildman–Crippen LogP) is 0.269. The summed E-state index contributed by atoms with van der Waals surface area (Å²) in [4.78, 5) is 35.9. The molecule has 122 valence electrons. The number of nitrogens with two attached hydrogens (primary N) is 1. The molecule has 8 nitrogen and oxygen atoms in total. The van der Waals surface area contributed by atoms with Gasteiger partial charge in [-0.3, -0.25) is 9.13 Å². The van der Waals surface area contributed by atoms with Crippen molar-refractivity contribution in [1.29, 1.82) is 0 Å². The van der Waals surface area contributed by atoms with Gasteiger partial charge in [0, 0.05) is 6.54 Å². The minimum Gasteiger partial charge on any atom is -0.330 e. The predicted molar refractivity (Wildman–Crippen MR) is 77.4 cm³/mol. The molecule has 0 fully saturated rings. The molecule has 0 saturated carbocycles. The second kappa shape index (κ2) is 8.61. The summed E-state index contributed by atoms with van der Waals surface area (Å²) in [5.41, 5.74) is 5.54. The lowest BCUT2D eigenvalue weighted by atomic mass is 9.94. The number of nitrogens with one attached hydrogen (secondary N) is 1. The molecule has 0 radical (unpaired) electrons. The van der Waals surface area contributed by atoms with Crippen LogP contribution in [0.5, 0.6) is 0 Å². The summed E-state index contributed by atoms with van der Waals surface area (Å²) in [6, 6.07) is 0. The highest BCUT2D eigenvalue weighted by Gasteiger charge is 2.42. The summed E-state index contributed by atoms with van der Waals surface area (Å²) < 4.78 is 22.2. The number of hydrogen-bond acceptors (Lipinski definition) is 4. The van der Waals surface area contributed by atoms with Gasteiger partial charge in [-0.25, -0.2) is 0 Å². The van der Waals surface area contributed by atoms with E-state index in [9.17, 15) is 9.13 Å². The minimum absolute atomic E-state index is 0.253. The van der Waals surface area contributed by atoms with Crippen molar-refractivity contribution in [3.8, 4) is 0 Å². The smallest absolute Gasteiger partial charge is 0.330 e. The summed E-state index contributed by atoms with van der Waals surface area (Å²) in [5.74, 6) is 0.587. The Morgan fingerprint density at radius 1 is 1.10 bits per heavy atom. The molecular weight excluding hydrogens is 306 g/mol. The second-order valence-electron chi connectivity index (χ2n) is 5.17. The minimum atomic E-state index is -4.84. The Kier molecular flexibility index (Phi) is 8.71. The molecule has 0 spiro atoms. The Morgan fingerprint density at radius 3 is 1.95 bits per heavy atom. The maximum atomic E-state index is 11.1. The van der Waals surface area contributed by atoms with E-state index < -0.39 is 27.1 Å². The van der Waals surface area contributed by atoms with Crippen molar-refractivity contribution >= 4 is 15.2 Å². The van der Waals surface area contributed by atoms with Crippen LogP contribution in [0.3, 0.4) is 0 Å². The SMILES string of the molecule is CCC(CNCC(P(=O)(O)O)P(=O)(O)O)CC(C)CN. The fourth-order valence-corrected chi connectivity index (χ4v) is 4.21. The first-order valence-electron chi connectivity index (χ1n) is 6.53. The van der Waals surface area contributed by atoms with Gasteiger partial charge >= 0.3 is 15.2 Å². The summed E-state index contributed by atoms with van der Waals surface area (Å²) in [5, 5.41) is 0.767. The molecular formula is C10H26N2O6P2. The van der Waals surface area contributed by atoms with Crippen molar-refractivity contribution in [2.75, 3.05) is 19.6 Å². The highest BCUT2D eigenvalue weighted by Crippen LogP contribution is 2.59. The molecule has 20 heavy (non-hydrogen) atoms. The average Bonchev–Trinajstić information content (AvgIpc) is 2.29. The van der Waals surface area contributed by atoms with Gasteiger partial charge in [-0.2, -0.15) is 0 Å². The van der Waals surface area contributed by atoms with Gasteiger partial charge in [0.15, 0.2) is 5.40 Å². The molecule has 0 aromatic rings. The highest BCUT2D eigenvalue weighted by atomic mass is 31.2. The van der Waals surface area contributed by atoms with Crippen LogP contribution in [-0.2, 0) is 9.13 Å². The average molecular weight is 332 g/mol. The van der Waals surface area contributed by atoms with Crippen molar-refractivity contribution in [2.24, 2.45) is 17.6 Å². The molecule has 0 aromatic heterocycles. The molecule has 0 aromatic carbocycles. The van der Waals surface area contributed by atoms with E-state index in [1.807, 2.05) is 13.8 Å². The van der Waals surface area contributed by atoms with Crippen LogP contribution in [0.4, 0.5) is 0 Å². The van der Waals surface area contributed by atoms with E-state index in [-0.39, 0.29) is 5.92 Å². The van der Waals surface area contributed by atoms with Crippen LogP contribution in [0.1, 0.15) is 26.7 Å². The Hall–Kier alpha value is 0.220. The van der Waals surface area contributed by atoms with Crippen molar-refractivity contribution < 1.29 is 28.7 Å². The van der Waals surface area contributed by atoms with E-state index in [4.69, 9.17) is 25.3 Å². The lowest BCUT2D eigenvalue weighted by molar-refractivity contribution is 0.329. The quantitative estimate of drug-likeness (QED) is 0.312. The molecule has 2 atom stereocenters. The zero-order valence-electron chi connectivity index (χ0n) is 11.8. The van der Waals surface area contributed by atoms with Crippen LogP contribution in [0, 0.1) is 11.8 Å². The molecule has 2 unspecified atom stereocenters. The van der Waals surface area contributed by atoms with Gasteiger partial charge in [0.05, 0.1) is 0 Å². The lowest BCUT2D eigenvalue weighted by Gasteiger charge is -2.23. The molecule has 0 heterocycles. The van der Waals surface area contributed by atoms with E-state index >= 15 is 0 Å².